The van der Waals surface area contributed by atoms with E-state index in [1.165, 1.54) is 0 Å². The Kier molecular flexibility index (Phi) is 2.67. The minimum Gasteiger partial charge on any atom is -0.390 e. The van der Waals surface area contributed by atoms with Crippen LogP contribution < -0.4 is 0 Å². The van der Waals surface area contributed by atoms with Gasteiger partial charge in [-0.05, 0) is 0 Å². The molecule has 3 unspecified atom stereocenters. The molecule has 5 N–H and O–H groups in total. The van der Waals surface area contributed by atoms with E-state index in [2.05, 4.69) is 4.74 Å². The van der Waals surface area contributed by atoms with Crippen LogP contribution in [0.4, 0.5) is 0 Å². The van der Waals surface area contributed by atoms with Gasteiger partial charge in [0.1, 0.15) is 6.10 Å². The average Bonchev–Trinajstić information content (AvgIpc) is 1.97. The molecule has 0 radical (unpaired) electrons. The summed E-state index contributed by atoms with van der Waals surface area (Å²) in [6.45, 7) is -0.324. The van der Waals surface area contributed by atoms with Crippen molar-refractivity contribution in [3.63, 3.8) is 0 Å². The minimum absolute atomic E-state index is 0.324. The van der Waals surface area contributed by atoms with Gasteiger partial charge in [0.25, 0.3) is 0 Å². The number of aliphatic hydroxyl groups is 5. The molecule has 1 saturated heterocycles. The number of hydrogen-bond acceptors (Lipinski definition) is 6. The number of ether oxygens (including phenoxy) is 1. The highest BCUT2D eigenvalue weighted by Gasteiger charge is 2.44. The van der Waals surface area contributed by atoms with E-state index in [-0.39, 0.29) is 6.61 Å². The average molecular weight is 180 g/mol. The van der Waals surface area contributed by atoms with Crippen molar-refractivity contribution >= 4 is 0 Å². The van der Waals surface area contributed by atoms with Crippen LogP contribution in [0.15, 0.2) is 0 Å². The highest BCUT2D eigenvalue weighted by atomic mass is 16.7. The highest BCUT2D eigenvalue weighted by molar-refractivity contribution is 4.83. The van der Waals surface area contributed by atoms with Gasteiger partial charge in [0.15, 0.2) is 0 Å². The van der Waals surface area contributed by atoms with Gasteiger partial charge in [-0.1, -0.05) is 0 Å². The Hall–Kier alpha value is -0.240. The van der Waals surface area contributed by atoms with Gasteiger partial charge in [-0.15, -0.1) is 0 Å². The van der Waals surface area contributed by atoms with Gasteiger partial charge >= 0.3 is 0 Å². The van der Waals surface area contributed by atoms with Crippen molar-refractivity contribution in [2.24, 2.45) is 0 Å². The summed E-state index contributed by atoms with van der Waals surface area (Å²) in [5.74, 6) is -2.17. The lowest BCUT2D eigenvalue weighted by Crippen LogP contribution is -2.55. The number of hydrogen-bond donors (Lipinski definition) is 5. The third-order valence-electron chi connectivity index (χ3n) is 1.85. The topological polar surface area (TPSA) is 110 Å². The van der Waals surface area contributed by atoms with E-state index in [9.17, 15) is 5.11 Å². The van der Waals surface area contributed by atoms with Crippen LogP contribution in [-0.2, 0) is 4.74 Å². The minimum atomic E-state index is -2.17. The van der Waals surface area contributed by atoms with Crippen molar-refractivity contribution in [2.45, 2.75) is 30.7 Å². The quantitative estimate of drug-likeness (QED) is 0.277. The van der Waals surface area contributed by atoms with Crippen LogP contribution in [0.2, 0.25) is 0 Å². The van der Waals surface area contributed by atoms with Gasteiger partial charge in [-0.3, -0.25) is 0 Å². The molecule has 0 amide bonds. The van der Waals surface area contributed by atoms with Crippen LogP contribution in [0.25, 0.3) is 0 Å². The first-order valence-corrected chi connectivity index (χ1v) is 3.54. The first kappa shape index (κ1) is 9.85. The summed E-state index contributed by atoms with van der Waals surface area (Å²) >= 11 is 0. The zero-order chi connectivity index (χ0) is 9.35. The van der Waals surface area contributed by atoms with Crippen molar-refractivity contribution in [2.75, 3.05) is 6.61 Å². The lowest BCUT2D eigenvalue weighted by atomic mass is 10.0. The van der Waals surface area contributed by atoms with Crippen molar-refractivity contribution in [1.82, 2.24) is 0 Å². The number of aliphatic hydroxyl groups excluding tert-OH is 3. The summed E-state index contributed by atoms with van der Waals surface area (Å²) in [4.78, 5) is 0. The van der Waals surface area contributed by atoms with E-state index in [1.54, 1.807) is 0 Å². The molecule has 0 aromatic rings. The molecular weight excluding hydrogens is 168 g/mol. The molecule has 0 aromatic carbocycles. The van der Waals surface area contributed by atoms with Gasteiger partial charge in [-0.25, -0.2) is 0 Å². The molecule has 1 aliphatic rings. The predicted molar refractivity (Wildman–Crippen MR) is 35.8 cm³/mol. The summed E-state index contributed by atoms with van der Waals surface area (Å²) in [7, 11) is 0. The molecule has 0 aromatic heterocycles. The van der Waals surface area contributed by atoms with Crippen molar-refractivity contribution in [3.8, 4) is 0 Å². The predicted octanol–water partition coefficient (Wildman–Crippen LogP) is -2.87. The first-order chi connectivity index (χ1) is 5.46. The van der Waals surface area contributed by atoms with E-state index < -0.39 is 30.7 Å². The third kappa shape index (κ3) is 1.74. The van der Waals surface area contributed by atoms with Crippen LogP contribution in [0.1, 0.15) is 6.42 Å². The second kappa shape index (κ2) is 3.25. The van der Waals surface area contributed by atoms with Gasteiger partial charge in [0, 0.05) is 6.42 Å². The largest absolute Gasteiger partial charge is 0.390 e. The summed E-state index contributed by atoms with van der Waals surface area (Å²) < 4.78 is 4.56. The van der Waals surface area contributed by atoms with Gasteiger partial charge < -0.3 is 30.3 Å². The highest BCUT2D eigenvalue weighted by Crippen LogP contribution is 2.25. The molecule has 0 saturated carbocycles. The van der Waals surface area contributed by atoms with Crippen molar-refractivity contribution in [1.29, 1.82) is 0 Å². The molecule has 1 aliphatic heterocycles. The maximum atomic E-state index is 9.24. The normalized spacial score (nSPS) is 43.5. The molecular formula is C6H12O6. The van der Waals surface area contributed by atoms with Crippen LogP contribution in [0.3, 0.4) is 0 Å². The maximum absolute atomic E-state index is 9.24. The van der Waals surface area contributed by atoms with Gasteiger partial charge in [0.05, 0.1) is 12.7 Å². The lowest BCUT2D eigenvalue weighted by molar-refractivity contribution is -0.347. The summed E-state index contributed by atoms with van der Waals surface area (Å²) in [6, 6.07) is 0. The molecule has 6 heteroatoms. The maximum Gasteiger partial charge on any atom is 0.220 e. The van der Waals surface area contributed by atoms with E-state index in [1.807, 2.05) is 0 Å². The van der Waals surface area contributed by atoms with Gasteiger partial charge in [-0.2, -0.15) is 0 Å². The Morgan fingerprint density at radius 3 is 2.25 bits per heavy atom. The fourth-order valence-corrected chi connectivity index (χ4v) is 1.02. The Morgan fingerprint density at radius 2 is 1.83 bits per heavy atom. The molecule has 6 nitrogen and oxygen atoms in total. The molecule has 1 heterocycles. The molecule has 12 heavy (non-hydrogen) atoms. The van der Waals surface area contributed by atoms with Crippen LogP contribution in [0.5, 0.6) is 0 Å². The molecule has 3 atom stereocenters. The molecule has 0 spiro atoms. The van der Waals surface area contributed by atoms with Crippen LogP contribution in [-0.4, -0.2) is 56.4 Å². The van der Waals surface area contributed by atoms with Crippen LogP contribution in [0, 0.1) is 0 Å². The Balaban J connectivity index is 2.60. The van der Waals surface area contributed by atoms with Crippen LogP contribution >= 0.6 is 0 Å². The molecule has 1 rings (SSSR count). The first-order valence-electron chi connectivity index (χ1n) is 3.54. The zero-order valence-corrected chi connectivity index (χ0v) is 6.29. The fraction of sp³-hybridized carbons (Fsp3) is 1.00. The zero-order valence-electron chi connectivity index (χ0n) is 6.29. The smallest absolute Gasteiger partial charge is 0.220 e. The summed E-state index contributed by atoms with van der Waals surface area (Å²) in [5, 5.41) is 44.5. The summed E-state index contributed by atoms with van der Waals surface area (Å²) in [5.41, 5.74) is 0. The van der Waals surface area contributed by atoms with Gasteiger partial charge in [0.2, 0.25) is 12.1 Å². The van der Waals surface area contributed by atoms with E-state index >= 15 is 0 Å². The fourth-order valence-electron chi connectivity index (χ4n) is 1.02. The molecule has 72 valence electrons. The molecule has 0 bridgehead atoms. The standard InChI is InChI=1S/C6H12O6/c7-3-1-6(11,5(9)10)12-2-4(3)8/h3-5,7-11H,1-2H2. The Morgan fingerprint density at radius 1 is 1.25 bits per heavy atom. The number of rotatable bonds is 1. The third-order valence-corrected chi connectivity index (χ3v) is 1.85. The monoisotopic (exact) mass is 180 g/mol. The van der Waals surface area contributed by atoms with Crippen molar-refractivity contribution in [3.05, 3.63) is 0 Å². The van der Waals surface area contributed by atoms with E-state index in [4.69, 9.17) is 20.4 Å². The second-order valence-corrected chi connectivity index (χ2v) is 2.87. The molecule has 1 fully saturated rings. The van der Waals surface area contributed by atoms with Crippen molar-refractivity contribution < 1.29 is 30.3 Å². The lowest BCUT2D eigenvalue weighted by Gasteiger charge is -2.37. The summed E-state index contributed by atoms with van der Waals surface area (Å²) in [6.07, 6.45) is -4.81. The SMILES string of the molecule is OC1COC(O)(C(O)O)CC1O. The van der Waals surface area contributed by atoms with E-state index in [0.717, 1.165) is 0 Å². The second-order valence-electron chi connectivity index (χ2n) is 2.87. The molecule has 0 aliphatic carbocycles. The Bertz CT molecular complexity index is 160. The van der Waals surface area contributed by atoms with E-state index in [0.29, 0.717) is 0 Å². The Labute approximate surface area is 68.6 Å².